The van der Waals surface area contributed by atoms with E-state index in [1.54, 1.807) is 7.11 Å². The number of pyridine rings is 1. The fourth-order valence-corrected chi connectivity index (χ4v) is 3.70. The van der Waals surface area contributed by atoms with E-state index in [1.807, 2.05) is 54.3 Å². The van der Waals surface area contributed by atoms with Gasteiger partial charge in [0.2, 0.25) is 0 Å². The van der Waals surface area contributed by atoms with E-state index in [1.165, 1.54) is 5.56 Å². The molecule has 4 heteroatoms. The van der Waals surface area contributed by atoms with Gasteiger partial charge in [0.25, 0.3) is 5.91 Å². The molecule has 132 valence electrons. The molecule has 2 heterocycles. The first kappa shape index (κ1) is 16.6. The molecular weight excluding hydrogens is 324 g/mol. The Morgan fingerprint density at radius 1 is 1.19 bits per heavy atom. The van der Waals surface area contributed by atoms with E-state index in [0.717, 1.165) is 41.0 Å². The van der Waals surface area contributed by atoms with Gasteiger partial charge < -0.3 is 9.64 Å². The number of nitrogens with zero attached hydrogens (tertiary/aromatic N) is 2. The summed E-state index contributed by atoms with van der Waals surface area (Å²) in [5, 5.41) is 0.914. The van der Waals surface area contributed by atoms with Crippen molar-refractivity contribution in [1.29, 1.82) is 0 Å². The first-order chi connectivity index (χ1) is 12.6. The van der Waals surface area contributed by atoms with Crippen LogP contribution in [0.2, 0.25) is 0 Å². The lowest BCUT2D eigenvalue weighted by Crippen LogP contribution is -2.36. The van der Waals surface area contributed by atoms with Crippen LogP contribution in [-0.2, 0) is 0 Å². The highest BCUT2D eigenvalue weighted by molar-refractivity contribution is 6.09. The Bertz CT molecular complexity index is 997. The lowest BCUT2D eigenvalue weighted by molar-refractivity contribution is 0.0983. The normalized spacial score (nSPS) is 16.4. The summed E-state index contributed by atoms with van der Waals surface area (Å²) in [7, 11) is 1.64. The molecule has 0 unspecified atom stereocenters. The number of anilines is 1. The molecule has 4 rings (SSSR count). The Morgan fingerprint density at radius 2 is 2.00 bits per heavy atom. The molecule has 1 aromatic heterocycles. The molecule has 0 saturated heterocycles. The Kier molecular flexibility index (Phi) is 4.11. The number of fused-ring (bicyclic) bond motifs is 2. The van der Waals surface area contributed by atoms with Crippen molar-refractivity contribution in [2.75, 3.05) is 18.6 Å². The number of ether oxygens (including phenoxy) is 1. The van der Waals surface area contributed by atoms with Gasteiger partial charge in [0.1, 0.15) is 5.75 Å². The number of carbonyl (C=O) groups excluding carboxylic acids is 1. The van der Waals surface area contributed by atoms with Crippen molar-refractivity contribution in [1.82, 2.24) is 4.98 Å². The van der Waals surface area contributed by atoms with Gasteiger partial charge in [-0.15, -0.1) is 0 Å². The molecule has 0 bridgehead atoms. The summed E-state index contributed by atoms with van der Waals surface area (Å²) in [5.74, 6) is 1.24. The van der Waals surface area contributed by atoms with Crippen molar-refractivity contribution in [3.8, 4) is 5.75 Å². The smallest absolute Gasteiger partial charge is 0.260 e. The maximum absolute atomic E-state index is 13.3. The van der Waals surface area contributed by atoms with Crippen molar-refractivity contribution in [2.24, 2.45) is 0 Å². The summed E-state index contributed by atoms with van der Waals surface area (Å²) in [6.07, 6.45) is 0.969. The number of benzene rings is 2. The van der Waals surface area contributed by atoms with E-state index >= 15 is 0 Å². The number of para-hydroxylation sites is 1. The van der Waals surface area contributed by atoms with Crippen LogP contribution in [0.1, 0.15) is 40.9 Å². The predicted molar refractivity (Wildman–Crippen MR) is 104 cm³/mol. The standard InChI is InChI=1S/C22H22N2O2/c1-14-10-11-24(21-7-5-4-6-18(14)21)22(25)19-13-16-12-17(26-3)8-9-20(16)23-15(19)2/h4-9,12-14H,10-11H2,1-3H3/t14-/m0/s1. The van der Waals surface area contributed by atoms with E-state index < -0.39 is 0 Å². The summed E-state index contributed by atoms with van der Waals surface area (Å²) in [6, 6.07) is 15.9. The number of aromatic nitrogens is 1. The van der Waals surface area contributed by atoms with Gasteiger partial charge in [0.15, 0.2) is 0 Å². The van der Waals surface area contributed by atoms with Gasteiger partial charge in [-0.05, 0) is 55.2 Å². The topological polar surface area (TPSA) is 42.4 Å². The average Bonchev–Trinajstić information content (AvgIpc) is 2.67. The first-order valence-corrected chi connectivity index (χ1v) is 8.94. The number of hydrogen-bond donors (Lipinski definition) is 0. The fraction of sp³-hybridized carbons (Fsp3) is 0.273. The zero-order chi connectivity index (χ0) is 18.3. The molecule has 0 saturated carbocycles. The van der Waals surface area contributed by atoms with Gasteiger partial charge in [-0.25, -0.2) is 0 Å². The quantitative estimate of drug-likeness (QED) is 0.675. The van der Waals surface area contributed by atoms with Crippen LogP contribution in [0.4, 0.5) is 5.69 Å². The summed E-state index contributed by atoms with van der Waals surface area (Å²) in [4.78, 5) is 19.9. The molecule has 1 atom stereocenters. The third-order valence-corrected chi connectivity index (χ3v) is 5.23. The van der Waals surface area contributed by atoms with E-state index in [-0.39, 0.29) is 5.91 Å². The molecule has 4 nitrogen and oxygen atoms in total. The lowest BCUT2D eigenvalue weighted by Gasteiger charge is -2.33. The van der Waals surface area contributed by atoms with Gasteiger partial charge in [0.05, 0.1) is 23.9 Å². The number of amides is 1. The predicted octanol–water partition coefficient (Wildman–Crippen LogP) is 4.71. The van der Waals surface area contributed by atoms with E-state index in [4.69, 9.17) is 4.74 Å². The second kappa shape index (κ2) is 6.45. The minimum Gasteiger partial charge on any atom is -0.497 e. The third-order valence-electron chi connectivity index (χ3n) is 5.23. The number of hydrogen-bond acceptors (Lipinski definition) is 3. The Morgan fingerprint density at radius 3 is 2.81 bits per heavy atom. The fourth-order valence-electron chi connectivity index (χ4n) is 3.70. The van der Waals surface area contributed by atoms with Gasteiger partial charge in [-0.1, -0.05) is 25.1 Å². The second-order valence-corrected chi connectivity index (χ2v) is 6.89. The molecule has 0 N–H and O–H groups in total. The van der Waals surface area contributed by atoms with Crippen molar-refractivity contribution < 1.29 is 9.53 Å². The minimum absolute atomic E-state index is 0.0130. The lowest BCUT2D eigenvalue weighted by atomic mass is 9.91. The third kappa shape index (κ3) is 2.71. The van der Waals surface area contributed by atoms with E-state index in [2.05, 4.69) is 18.0 Å². The van der Waals surface area contributed by atoms with Crippen molar-refractivity contribution in [2.45, 2.75) is 26.2 Å². The van der Waals surface area contributed by atoms with Crippen LogP contribution in [0.5, 0.6) is 5.75 Å². The van der Waals surface area contributed by atoms with Crippen LogP contribution in [-0.4, -0.2) is 24.5 Å². The Labute approximate surface area is 153 Å². The highest BCUT2D eigenvalue weighted by Crippen LogP contribution is 2.36. The summed E-state index contributed by atoms with van der Waals surface area (Å²) >= 11 is 0. The van der Waals surface area contributed by atoms with Gasteiger partial charge in [-0.2, -0.15) is 0 Å². The van der Waals surface area contributed by atoms with Gasteiger partial charge >= 0.3 is 0 Å². The van der Waals surface area contributed by atoms with Crippen molar-refractivity contribution in [3.63, 3.8) is 0 Å². The molecule has 0 radical (unpaired) electrons. The van der Waals surface area contributed by atoms with Crippen LogP contribution in [0.3, 0.4) is 0 Å². The zero-order valence-corrected chi connectivity index (χ0v) is 15.3. The molecule has 1 aliphatic heterocycles. The maximum Gasteiger partial charge on any atom is 0.260 e. The van der Waals surface area contributed by atoms with Crippen LogP contribution in [0.25, 0.3) is 10.9 Å². The van der Waals surface area contributed by atoms with E-state index in [0.29, 0.717) is 11.5 Å². The molecule has 26 heavy (non-hydrogen) atoms. The highest BCUT2D eigenvalue weighted by atomic mass is 16.5. The number of carbonyl (C=O) groups is 1. The molecule has 3 aromatic rings. The summed E-state index contributed by atoms with van der Waals surface area (Å²) in [6.45, 7) is 4.84. The molecule has 0 spiro atoms. The minimum atomic E-state index is 0.0130. The summed E-state index contributed by atoms with van der Waals surface area (Å²) < 4.78 is 5.30. The number of rotatable bonds is 2. The Balaban J connectivity index is 1.79. The molecule has 0 aliphatic carbocycles. The van der Waals surface area contributed by atoms with Crippen LogP contribution in [0.15, 0.2) is 48.5 Å². The molecule has 0 fully saturated rings. The Hall–Kier alpha value is -2.88. The van der Waals surface area contributed by atoms with Crippen LogP contribution in [0, 0.1) is 6.92 Å². The van der Waals surface area contributed by atoms with Crippen molar-refractivity contribution in [3.05, 3.63) is 65.4 Å². The van der Waals surface area contributed by atoms with Crippen molar-refractivity contribution >= 4 is 22.5 Å². The molecule has 2 aromatic carbocycles. The average molecular weight is 346 g/mol. The first-order valence-electron chi connectivity index (χ1n) is 8.94. The largest absolute Gasteiger partial charge is 0.497 e. The number of methoxy groups -OCH3 is 1. The van der Waals surface area contributed by atoms with Crippen LogP contribution >= 0.6 is 0 Å². The molecular formula is C22H22N2O2. The van der Waals surface area contributed by atoms with Crippen LogP contribution < -0.4 is 9.64 Å². The van der Waals surface area contributed by atoms with Gasteiger partial charge in [-0.3, -0.25) is 9.78 Å². The molecule has 1 amide bonds. The summed E-state index contributed by atoms with van der Waals surface area (Å²) in [5.41, 5.74) is 4.52. The number of aryl methyl sites for hydroxylation is 1. The van der Waals surface area contributed by atoms with E-state index in [9.17, 15) is 4.79 Å². The molecule has 1 aliphatic rings. The highest BCUT2D eigenvalue weighted by Gasteiger charge is 2.28. The SMILES string of the molecule is COc1ccc2nc(C)c(C(=O)N3CC[C@H](C)c4ccccc43)cc2c1. The zero-order valence-electron chi connectivity index (χ0n) is 15.3. The monoisotopic (exact) mass is 346 g/mol. The maximum atomic E-state index is 13.3. The second-order valence-electron chi connectivity index (χ2n) is 6.89. The van der Waals surface area contributed by atoms with Gasteiger partial charge in [0, 0.05) is 17.6 Å².